The molecule has 0 saturated carbocycles. The van der Waals surface area contributed by atoms with Gasteiger partial charge in [0.15, 0.2) is 6.29 Å². The molecule has 1 aromatic carbocycles. The van der Waals surface area contributed by atoms with E-state index < -0.39 is 0 Å². The molecule has 1 amide bonds. The molecule has 1 aromatic heterocycles. The lowest BCUT2D eigenvalue weighted by molar-refractivity contribution is 0.0675. The van der Waals surface area contributed by atoms with Crippen molar-refractivity contribution in [3.05, 3.63) is 41.7 Å². The molecule has 2 heterocycles. The number of phenols is 1. The molecule has 7 heteroatoms. The summed E-state index contributed by atoms with van der Waals surface area (Å²) in [6, 6.07) is 6.45. The molecule has 3 rings (SSSR count). The van der Waals surface area contributed by atoms with Crippen molar-refractivity contribution >= 4 is 12.2 Å². The second kappa shape index (κ2) is 9.92. The molecule has 0 aliphatic carbocycles. The number of aldehydes is 1. The molecule has 1 aliphatic rings. The van der Waals surface area contributed by atoms with Gasteiger partial charge in [-0.1, -0.05) is 19.9 Å². The fourth-order valence-electron chi connectivity index (χ4n) is 3.28. The number of carbonyl (C=O) groups is 2. The SMILES string of the molecule is CC.CC(C)n1nccc1C(=O)N1CCCC1COc1cccc(O)c1C=O. The molecule has 0 bridgehead atoms. The zero-order valence-electron chi connectivity index (χ0n) is 17.0. The van der Waals surface area contributed by atoms with Gasteiger partial charge in [0.05, 0.1) is 11.6 Å². The first-order valence-electron chi connectivity index (χ1n) is 9.77. The van der Waals surface area contributed by atoms with E-state index in [0.717, 1.165) is 12.8 Å². The molecule has 1 saturated heterocycles. The Labute approximate surface area is 165 Å². The van der Waals surface area contributed by atoms with Crippen molar-refractivity contribution in [1.29, 1.82) is 0 Å². The van der Waals surface area contributed by atoms with Gasteiger partial charge in [-0.2, -0.15) is 5.10 Å². The van der Waals surface area contributed by atoms with Crippen LogP contribution in [0.3, 0.4) is 0 Å². The fraction of sp³-hybridized carbons (Fsp3) is 0.476. The quantitative estimate of drug-likeness (QED) is 0.764. The highest BCUT2D eigenvalue weighted by atomic mass is 16.5. The Morgan fingerprint density at radius 2 is 2.11 bits per heavy atom. The fourth-order valence-corrected chi connectivity index (χ4v) is 3.28. The van der Waals surface area contributed by atoms with Crippen molar-refractivity contribution in [3.63, 3.8) is 0 Å². The van der Waals surface area contributed by atoms with Crippen LogP contribution in [0.2, 0.25) is 0 Å². The van der Waals surface area contributed by atoms with Crippen LogP contribution in [-0.2, 0) is 0 Å². The van der Waals surface area contributed by atoms with Gasteiger partial charge in [-0.25, -0.2) is 0 Å². The first-order valence-corrected chi connectivity index (χ1v) is 9.77. The van der Waals surface area contributed by atoms with E-state index in [9.17, 15) is 14.7 Å². The van der Waals surface area contributed by atoms with Crippen LogP contribution >= 0.6 is 0 Å². The highest BCUT2D eigenvalue weighted by molar-refractivity contribution is 5.93. The lowest BCUT2D eigenvalue weighted by Crippen LogP contribution is -2.40. The highest BCUT2D eigenvalue weighted by Crippen LogP contribution is 2.27. The Bertz CT molecular complexity index is 801. The largest absolute Gasteiger partial charge is 0.507 e. The van der Waals surface area contributed by atoms with Crippen LogP contribution in [0, 0.1) is 0 Å². The number of ether oxygens (including phenoxy) is 1. The zero-order valence-corrected chi connectivity index (χ0v) is 17.0. The molecule has 0 spiro atoms. The highest BCUT2D eigenvalue weighted by Gasteiger charge is 2.32. The maximum atomic E-state index is 12.9. The first-order chi connectivity index (χ1) is 13.5. The molecule has 1 aliphatic heterocycles. The molecule has 1 N–H and O–H groups in total. The van der Waals surface area contributed by atoms with Gasteiger partial charge in [0.2, 0.25) is 0 Å². The summed E-state index contributed by atoms with van der Waals surface area (Å²) in [7, 11) is 0. The van der Waals surface area contributed by atoms with Gasteiger partial charge >= 0.3 is 0 Å². The van der Waals surface area contributed by atoms with E-state index in [2.05, 4.69) is 5.10 Å². The smallest absolute Gasteiger partial charge is 0.272 e. The molecule has 1 fully saturated rings. The van der Waals surface area contributed by atoms with E-state index in [1.807, 2.05) is 27.7 Å². The van der Waals surface area contributed by atoms with E-state index in [1.54, 1.807) is 34.0 Å². The molecular formula is C21H29N3O4. The third-order valence-corrected chi connectivity index (χ3v) is 4.61. The second-order valence-electron chi connectivity index (χ2n) is 6.67. The Kier molecular flexibility index (Phi) is 7.61. The second-order valence-corrected chi connectivity index (χ2v) is 6.67. The first kappa shape index (κ1) is 21.5. The van der Waals surface area contributed by atoms with E-state index in [1.165, 1.54) is 6.07 Å². The van der Waals surface area contributed by atoms with Crippen molar-refractivity contribution in [2.45, 2.75) is 52.6 Å². The maximum Gasteiger partial charge on any atom is 0.272 e. The van der Waals surface area contributed by atoms with Crippen LogP contribution < -0.4 is 4.74 Å². The predicted octanol–water partition coefficient (Wildman–Crippen LogP) is 3.69. The summed E-state index contributed by atoms with van der Waals surface area (Å²) < 4.78 is 7.48. The van der Waals surface area contributed by atoms with E-state index >= 15 is 0 Å². The normalized spacial score (nSPS) is 15.9. The molecular weight excluding hydrogens is 358 g/mol. The number of aromatic nitrogens is 2. The number of amides is 1. The minimum atomic E-state index is -0.113. The van der Waals surface area contributed by atoms with Crippen LogP contribution in [0.4, 0.5) is 0 Å². The maximum absolute atomic E-state index is 12.9. The van der Waals surface area contributed by atoms with Gasteiger partial charge < -0.3 is 14.7 Å². The lowest BCUT2D eigenvalue weighted by Gasteiger charge is -2.25. The van der Waals surface area contributed by atoms with Crippen molar-refractivity contribution in [2.24, 2.45) is 0 Å². The van der Waals surface area contributed by atoms with Gasteiger partial charge in [0.25, 0.3) is 5.91 Å². The molecule has 1 atom stereocenters. The molecule has 152 valence electrons. The number of phenolic OH excluding ortho intramolecular Hbond substituents is 1. The molecule has 2 aromatic rings. The predicted molar refractivity (Wildman–Crippen MR) is 107 cm³/mol. The lowest BCUT2D eigenvalue weighted by atomic mass is 10.2. The van der Waals surface area contributed by atoms with Crippen LogP contribution in [0.5, 0.6) is 11.5 Å². The van der Waals surface area contributed by atoms with Crippen molar-refractivity contribution < 1.29 is 19.4 Å². The topological polar surface area (TPSA) is 84.7 Å². The number of likely N-dealkylation sites (tertiary alicyclic amines) is 1. The number of carbonyl (C=O) groups excluding carboxylic acids is 2. The Morgan fingerprint density at radius 1 is 1.36 bits per heavy atom. The van der Waals surface area contributed by atoms with Crippen molar-refractivity contribution in [1.82, 2.24) is 14.7 Å². The van der Waals surface area contributed by atoms with Crippen LogP contribution in [-0.4, -0.2) is 51.2 Å². The van der Waals surface area contributed by atoms with Crippen molar-refractivity contribution in [2.75, 3.05) is 13.2 Å². The number of rotatable bonds is 6. The standard InChI is InChI=1S/C19H23N3O4.C2H6/c1-13(2)22-16(8-9-20-22)19(25)21-10-4-5-14(21)12-26-18-7-3-6-17(24)15(18)11-23;1-2/h3,6-9,11,13-14,24H,4-5,10,12H2,1-2H3;1-2H3. The van der Waals surface area contributed by atoms with E-state index in [4.69, 9.17) is 4.74 Å². The number of hydrogen-bond acceptors (Lipinski definition) is 5. The Morgan fingerprint density at radius 3 is 2.79 bits per heavy atom. The Balaban J connectivity index is 0.00000136. The summed E-state index contributed by atoms with van der Waals surface area (Å²) >= 11 is 0. The summed E-state index contributed by atoms with van der Waals surface area (Å²) in [5.41, 5.74) is 0.694. The summed E-state index contributed by atoms with van der Waals surface area (Å²) in [6.07, 6.45) is 3.94. The van der Waals surface area contributed by atoms with E-state index in [0.29, 0.717) is 24.3 Å². The molecule has 1 unspecified atom stereocenters. The van der Waals surface area contributed by atoms with Crippen LogP contribution in [0.15, 0.2) is 30.5 Å². The number of benzene rings is 1. The molecule has 28 heavy (non-hydrogen) atoms. The van der Waals surface area contributed by atoms with E-state index in [-0.39, 0.29) is 35.9 Å². The van der Waals surface area contributed by atoms with Gasteiger partial charge in [-0.15, -0.1) is 0 Å². The average Bonchev–Trinajstić information content (AvgIpc) is 3.37. The zero-order chi connectivity index (χ0) is 20.7. The minimum absolute atomic E-state index is 0.0613. The molecule has 0 radical (unpaired) electrons. The van der Waals surface area contributed by atoms with Crippen LogP contribution in [0.1, 0.15) is 67.4 Å². The summed E-state index contributed by atoms with van der Waals surface area (Å²) in [5, 5.41) is 14.0. The minimum Gasteiger partial charge on any atom is -0.507 e. The third-order valence-electron chi connectivity index (χ3n) is 4.61. The van der Waals surface area contributed by atoms with Crippen LogP contribution in [0.25, 0.3) is 0 Å². The number of nitrogens with zero attached hydrogens (tertiary/aromatic N) is 3. The average molecular weight is 387 g/mol. The summed E-state index contributed by atoms with van der Waals surface area (Å²) in [5.74, 6) is 0.151. The van der Waals surface area contributed by atoms with Gasteiger partial charge in [-0.3, -0.25) is 14.3 Å². The number of aromatic hydroxyl groups is 1. The van der Waals surface area contributed by atoms with Gasteiger partial charge in [0.1, 0.15) is 23.8 Å². The monoisotopic (exact) mass is 387 g/mol. The summed E-state index contributed by atoms with van der Waals surface area (Å²) in [6.45, 7) is 8.90. The van der Waals surface area contributed by atoms with Gasteiger partial charge in [-0.05, 0) is 44.9 Å². The van der Waals surface area contributed by atoms with Crippen molar-refractivity contribution in [3.8, 4) is 11.5 Å². The Hall–Kier alpha value is -2.83. The molecule has 7 nitrogen and oxygen atoms in total. The summed E-state index contributed by atoms with van der Waals surface area (Å²) in [4.78, 5) is 25.9. The number of hydrogen-bond donors (Lipinski definition) is 1. The third kappa shape index (κ3) is 4.52. The van der Waals surface area contributed by atoms with Gasteiger partial charge in [0, 0.05) is 18.8 Å².